The Morgan fingerprint density at radius 1 is 1.29 bits per heavy atom. The zero-order valence-corrected chi connectivity index (χ0v) is 11.1. The Morgan fingerprint density at radius 2 is 2.12 bits per heavy atom. The van der Waals surface area contributed by atoms with Gasteiger partial charge in [0.05, 0.1) is 5.60 Å². The van der Waals surface area contributed by atoms with Crippen LogP contribution in [0.15, 0.2) is 0 Å². The molecule has 0 radical (unpaired) electrons. The second-order valence-electron chi connectivity index (χ2n) is 6.24. The molecular formula is C14H26N2O. The lowest BCUT2D eigenvalue weighted by molar-refractivity contribution is -0.135. The molecule has 3 aliphatic rings. The molecule has 1 atom stereocenters. The molecular weight excluding hydrogens is 212 g/mol. The van der Waals surface area contributed by atoms with E-state index in [1.807, 2.05) is 0 Å². The Bertz CT molecular complexity index is 261. The van der Waals surface area contributed by atoms with Crippen LogP contribution in [0.5, 0.6) is 0 Å². The van der Waals surface area contributed by atoms with E-state index in [1.165, 1.54) is 51.5 Å². The molecule has 0 aromatic heterocycles. The Hall–Kier alpha value is -0.120. The number of hydrogen-bond acceptors (Lipinski definition) is 3. The largest absolute Gasteiger partial charge is 0.375 e. The molecule has 1 saturated heterocycles. The molecule has 0 aromatic carbocycles. The van der Waals surface area contributed by atoms with Crippen LogP contribution >= 0.6 is 0 Å². The van der Waals surface area contributed by atoms with Gasteiger partial charge in [0, 0.05) is 31.8 Å². The number of likely N-dealkylation sites (N-methyl/N-ethyl adjacent to an activating group) is 1. The average molecular weight is 238 g/mol. The van der Waals surface area contributed by atoms with Crippen LogP contribution in [0.2, 0.25) is 0 Å². The van der Waals surface area contributed by atoms with Gasteiger partial charge >= 0.3 is 0 Å². The van der Waals surface area contributed by atoms with Crippen molar-refractivity contribution >= 4 is 0 Å². The molecule has 0 bridgehead atoms. The van der Waals surface area contributed by atoms with E-state index in [0.717, 1.165) is 19.2 Å². The van der Waals surface area contributed by atoms with Gasteiger partial charge in [0.25, 0.3) is 0 Å². The predicted octanol–water partition coefficient (Wildman–Crippen LogP) is 1.77. The van der Waals surface area contributed by atoms with Gasteiger partial charge < -0.3 is 15.0 Å². The summed E-state index contributed by atoms with van der Waals surface area (Å²) >= 11 is 0. The molecule has 1 heterocycles. The lowest BCUT2D eigenvalue weighted by Gasteiger charge is -2.47. The van der Waals surface area contributed by atoms with Crippen LogP contribution in [0, 0.1) is 0 Å². The first-order valence-electron chi connectivity index (χ1n) is 7.35. The van der Waals surface area contributed by atoms with Crippen LogP contribution < -0.4 is 5.32 Å². The van der Waals surface area contributed by atoms with Gasteiger partial charge in [-0.15, -0.1) is 0 Å². The molecule has 2 saturated carbocycles. The van der Waals surface area contributed by atoms with E-state index in [0.29, 0.717) is 6.04 Å². The summed E-state index contributed by atoms with van der Waals surface area (Å²) in [6.45, 7) is 3.32. The van der Waals surface area contributed by atoms with Crippen molar-refractivity contribution in [2.75, 3.05) is 26.7 Å². The molecule has 3 heteroatoms. The first-order chi connectivity index (χ1) is 8.27. The standard InChI is InChI=1S/C14H26N2O/c1-16(13-3-4-13)9-8-15-12-5-10-17-14(11-12)6-2-7-14/h12-13,15H,2-11H2,1H3. The van der Waals surface area contributed by atoms with Gasteiger partial charge in [-0.2, -0.15) is 0 Å². The van der Waals surface area contributed by atoms with E-state index >= 15 is 0 Å². The smallest absolute Gasteiger partial charge is 0.0697 e. The molecule has 0 amide bonds. The minimum atomic E-state index is 0.290. The fourth-order valence-corrected chi connectivity index (χ4v) is 3.26. The highest BCUT2D eigenvalue weighted by molar-refractivity contribution is 4.96. The number of nitrogens with zero attached hydrogens (tertiary/aromatic N) is 1. The average Bonchev–Trinajstić information content (AvgIpc) is 3.11. The van der Waals surface area contributed by atoms with Gasteiger partial charge in [-0.25, -0.2) is 0 Å². The number of hydrogen-bond donors (Lipinski definition) is 1. The monoisotopic (exact) mass is 238 g/mol. The number of rotatable bonds is 5. The van der Waals surface area contributed by atoms with E-state index in [1.54, 1.807) is 0 Å². The molecule has 1 N–H and O–H groups in total. The summed E-state index contributed by atoms with van der Waals surface area (Å²) < 4.78 is 5.96. The lowest BCUT2D eigenvalue weighted by atomic mass is 9.74. The molecule has 2 aliphatic carbocycles. The summed E-state index contributed by atoms with van der Waals surface area (Å²) in [5.74, 6) is 0. The van der Waals surface area contributed by atoms with E-state index < -0.39 is 0 Å². The highest BCUT2D eigenvalue weighted by Crippen LogP contribution is 2.42. The van der Waals surface area contributed by atoms with Gasteiger partial charge in [-0.05, 0) is 52.0 Å². The maximum Gasteiger partial charge on any atom is 0.0697 e. The van der Waals surface area contributed by atoms with Crippen molar-refractivity contribution in [2.24, 2.45) is 0 Å². The minimum absolute atomic E-state index is 0.290. The van der Waals surface area contributed by atoms with Crippen LogP contribution in [-0.4, -0.2) is 49.3 Å². The third-order valence-corrected chi connectivity index (χ3v) is 4.83. The van der Waals surface area contributed by atoms with Crippen molar-refractivity contribution in [2.45, 2.75) is 62.6 Å². The van der Waals surface area contributed by atoms with E-state index in [9.17, 15) is 0 Å². The summed E-state index contributed by atoms with van der Waals surface area (Å²) in [7, 11) is 2.26. The summed E-state index contributed by atoms with van der Waals surface area (Å²) in [6, 6.07) is 1.60. The van der Waals surface area contributed by atoms with Crippen molar-refractivity contribution in [3.05, 3.63) is 0 Å². The predicted molar refractivity (Wildman–Crippen MR) is 69.2 cm³/mol. The Morgan fingerprint density at radius 3 is 2.76 bits per heavy atom. The van der Waals surface area contributed by atoms with Crippen LogP contribution in [0.3, 0.4) is 0 Å². The van der Waals surface area contributed by atoms with E-state index in [-0.39, 0.29) is 5.60 Å². The second-order valence-corrected chi connectivity index (χ2v) is 6.24. The molecule has 0 aromatic rings. The fraction of sp³-hybridized carbons (Fsp3) is 1.00. The highest BCUT2D eigenvalue weighted by atomic mass is 16.5. The maximum atomic E-state index is 5.96. The third kappa shape index (κ3) is 2.83. The number of ether oxygens (including phenoxy) is 1. The van der Waals surface area contributed by atoms with Crippen molar-refractivity contribution < 1.29 is 4.74 Å². The summed E-state index contributed by atoms with van der Waals surface area (Å²) in [5, 5.41) is 3.74. The third-order valence-electron chi connectivity index (χ3n) is 4.83. The minimum Gasteiger partial charge on any atom is -0.375 e. The van der Waals surface area contributed by atoms with Gasteiger partial charge in [-0.1, -0.05) is 0 Å². The van der Waals surface area contributed by atoms with Crippen molar-refractivity contribution in [3.63, 3.8) is 0 Å². The lowest BCUT2D eigenvalue weighted by Crippen LogP contribution is -2.51. The van der Waals surface area contributed by atoms with Gasteiger partial charge in [-0.3, -0.25) is 0 Å². The molecule has 1 unspecified atom stereocenters. The van der Waals surface area contributed by atoms with Gasteiger partial charge in [0.15, 0.2) is 0 Å². The summed E-state index contributed by atoms with van der Waals surface area (Å²) in [5.41, 5.74) is 0.290. The van der Waals surface area contributed by atoms with E-state index in [2.05, 4.69) is 17.3 Å². The molecule has 3 rings (SSSR count). The first-order valence-corrected chi connectivity index (χ1v) is 7.35. The van der Waals surface area contributed by atoms with Crippen LogP contribution in [0.4, 0.5) is 0 Å². The molecule has 1 aliphatic heterocycles. The van der Waals surface area contributed by atoms with Gasteiger partial charge in [0.2, 0.25) is 0 Å². The van der Waals surface area contributed by atoms with Crippen molar-refractivity contribution in [3.8, 4) is 0 Å². The quantitative estimate of drug-likeness (QED) is 0.790. The second kappa shape index (κ2) is 4.87. The first kappa shape index (κ1) is 11.9. The molecule has 3 nitrogen and oxygen atoms in total. The molecule has 98 valence electrons. The molecule has 17 heavy (non-hydrogen) atoms. The van der Waals surface area contributed by atoms with Gasteiger partial charge in [0.1, 0.15) is 0 Å². The Balaban J connectivity index is 1.36. The summed E-state index contributed by atoms with van der Waals surface area (Å²) in [6.07, 6.45) is 9.25. The van der Waals surface area contributed by atoms with E-state index in [4.69, 9.17) is 4.74 Å². The topological polar surface area (TPSA) is 24.5 Å². The number of nitrogens with one attached hydrogen (secondary N) is 1. The highest BCUT2D eigenvalue weighted by Gasteiger charge is 2.42. The van der Waals surface area contributed by atoms with Crippen LogP contribution in [0.1, 0.15) is 44.9 Å². The molecule has 1 spiro atoms. The summed E-state index contributed by atoms with van der Waals surface area (Å²) in [4.78, 5) is 2.51. The Kier molecular flexibility index (Phi) is 3.42. The fourth-order valence-electron chi connectivity index (χ4n) is 3.26. The van der Waals surface area contributed by atoms with Crippen LogP contribution in [-0.2, 0) is 4.74 Å². The molecule has 3 fully saturated rings. The maximum absolute atomic E-state index is 5.96. The normalized spacial score (nSPS) is 31.8. The zero-order chi connectivity index (χ0) is 11.7. The van der Waals surface area contributed by atoms with Crippen molar-refractivity contribution in [1.82, 2.24) is 10.2 Å². The zero-order valence-electron chi connectivity index (χ0n) is 11.1. The van der Waals surface area contributed by atoms with Crippen molar-refractivity contribution in [1.29, 1.82) is 0 Å². The Labute approximate surface area is 105 Å². The van der Waals surface area contributed by atoms with Crippen LogP contribution in [0.25, 0.3) is 0 Å². The SMILES string of the molecule is CN(CCNC1CCOC2(CCC2)C1)C1CC1.